The highest BCUT2D eigenvalue weighted by molar-refractivity contribution is 9.11. The fraction of sp³-hybridized carbons (Fsp3) is 0.417. The van der Waals surface area contributed by atoms with Gasteiger partial charge < -0.3 is 4.90 Å². The van der Waals surface area contributed by atoms with Crippen molar-refractivity contribution in [2.75, 3.05) is 12.4 Å². The lowest BCUT2D eigenvalue weighted by molar-refractivity contribution is 0.0662. The first-order chi connectivity index (χ1) is 7.79. The monoisotopic (exact) mass is 425 g/mol. The Morgan fingerprint density at radius 2 is 1.94 bits per heavy atom. The Kier molecular flexibility index (Phi) is 5.22. The normalized spacial score (nSPS) is 11.4. The molecule has 1 amide bonds. The number of hydrogen-bond donors (Lipinski definition) is 0. The molecule has 2 nitrogen and oxygen atoms in total. The van der Waals surface area contributed by atoms with Gasteiger partial charge in [0, 0.05) is 26.9 Å². The second-order valence-electron chi connectivity index (χ2n) is 4.43. The third-order valence-corrected chi connectivity index (χ3v) is 5.22. The van der Waals surface area contributed by atoms with Gasteiger partial charge in [0.25, 0.3) is 5.91 Å². The summed E-state index contributed by atoms with van der Waals surface area (Å²) in [5.41, 5.74) is 0.452. The molecule has 1 aromatic carbocycles. The largest absolute Gasteiger partial charge is 0.336 e. The van der Waals surface area contributed by atoms with Crippen molar-refractivity contribution in [2.45, 2.75) is 19.4 Å². The predicted molar refractivity (Wildman–Crippen MR) is 81.8 cm³/mol. The molecule has 0 heterocycles. The summed E-state index contributed by atoms with van der Waals surface area (Å²) >= 11 is 10.2. The molecule has 17 heavy (non-hydrogen) atoms. The van der Waals surface area contributed by atoms with Gasteiger partial charge in [-0.05, 0) is 48.0 Å². The maximum atomic E-state index is 12.3. The molecule has 0 radical (unpaired) electrons. The molecule has 0 N–H and O–H groups in total. The molecule has 0 saturated heterocycles. The topological polar surface area (TPSA) is 20.3 Å². The van der Waals surface area contributed by atoms with Crippen molar-refractivity contribution >= 4 is 53.7 Å². The van der Waals surface area contributed by atoms with Crippen LogP contribution in [0, 0.1) is 0 Å². The van der Waals surface area contributed by atoms with E-state index < -0.39 is 0 Å². The molecule has 0 atom stereocenters. The summed E-state index contributed by atoms with van der Waals surface area (Å²) in [5, 5.41) is 0.733. The molecule has 0 fully saturated rings. The van der Waals surface area contributed by atoms with Gasteiger partial charge in [0.15, 0.2) is 0 Å². The molecule has 0 aliphatic heterocycles. The maximum Gasteiger partial charge on any atom is 0.255 e. The van der Waals surface area contributed by atoms with Crippen molar-refractivity contribution in [2.24, 2.45) is 0 Å². The van der Waals surface area contributed by atoms with Crippen LogP contribution in [0.25, 0.3) is 0 Å². The van der Waals surface area contributed by atoms with Gasteiger partial charge in [-0.25, -0.2) is 0 Å². The van der Waals surface area contributed by atoms with E-state index in [1.54, 1.807) is 4.90 Å². The van der Waals surface area contributed by atoms with Crippen LogP contribution >= 0.6 is 47.8 Å². The molecule has 5 heteroatoms. The lowest BCUT2D eigenvalue weighted by Gasteiger charge is -2.34. The first-order valence-corrected chi connectivity index (χ1v) is 7.79. The molecule has 0 aliphatic carbocycles. The molecule has 1 rings (SSSR count). The van der Waals surface area contributed by atoms with Gasteiger partial charge in [-0.15, -0.1) is 0 Å². The Hall–Kier alpha value is 0.130. The van der Waals surface area contributed by atoms with Gasteiger partial charge >= 0.3 is 0 Å². The fourth-order valence-corrected chi connectivity index (χ4v) is 2.80. The lowest BCUT2D eigenvalue weighted by Crippen LogP contribution is -2.46. The van der Waals surface area contributed by atoms with Gasteiger partial charge in [0.2, 0.25) is 0 Å². The Morgan fingerprint density at radius 3 is 2.41 bits per heavy atom. The summed E-state index contributed by atoms with van der Waals surface area (Å²) in [6, 6.07) is 5.56. The second-order valence-corrected chi connectivity index (χ2v) is 6.77. The van der Waals surface area contributed by atoms with Gasteiger partial charge in [0.1, 0.15) is 0 Å². The molecule has 0 aliphatic rings. The first-order valence-electron chi connectivity index (χ1n) is 5.09. The number of hydrogen-bond acceptors (Lipinski definition) is 1. The van der Waals surface area contributed by atoms with E-state index in [1.807, 2.05) is 39.1 Å². The molecule has 0 saturated carbocycles. The zero-order valence-corrected chi connectivity index (χ0v) is 14.7. The summed E-state index contributed by atoms with van der Waals surface area (Å²) in [5.74, 6) is 0.00817. The molecular weight excluding hydrogens is 414 g/mol. The van der Waals surface area contributed by atoms with E-state index in [0.29, 0.717) is 5.56 Å². The summed E-state index contributed by atoms with van der Waals surface area (Å²) < 4.78 is 1.75. The van der Waals surface area contributed by atoms with Gasteiger partial charge in [0.05, 0.1) is 5.56 Å². The van der Waals surface area contributed by atoms with Crippen LogP contribution in [0.15, 0.2) is 27.1 Å². The number of alkyl halides is 1. The van der Waals surface area contributed by atoms with Crippen LogP contribution < -0.4 is 0 Å². The average molecular weight is 428 g/mol. The first kappa shape index (κ1) is 15.2. The van der Waals surface area contributed by atoms with Crippen molar-refractivity contribution in [3.63, 3.8) is 0 Å². The lowest BCUT2D eigenvalue weighted by atomic mass is 10.1. The molecule has 1 aromatic rings. The SMILES string of the molecule is CN(C(=O)c1ccc(Br)cc1Br)C(C)(C)CBr. The fourth-order valence-electron chi connectivity index (χ4n) is 1.21. The quantitative estimate of drug-likeness (QED) is 0.652. The van der Waals surface area contributed by atoms with E-state index in [-0.39, 0.29) is 11.4 Å². The smallest absolute Gasteiger partial charge is 0.255 e. The van der Waals surface area contributed by atoms with Crippen LogP contribution in [-0.4, -0.2) is 28.7 Å². The number of amides is 1. The van der Waals surface area contributed by atoms with Crippen LogP contribution in [0.5, 0.6) is 0 Å². The minimum absolute atomic E-state index is 0.00817. The highest BCUT2D eigenvalue weighted by atomic mass is 79.9. The van der Waals surface area contributed by atoms with Crippen molar-refractivity contribution in [1.82, 2.24) is 4.90 Å². The molecule has 0 bridgehead atoms. The average Bonchev–Trinajstić information content (AvgIpc) is 2.27. The number of halogens is 3. The van der Waals surface area contributed by atoms with Crippen molar-refractivity contribution in [1.29, 1.82) is 0 Å². The zero-order chi connectivity index (χ0) is 13.2. The van der Waals surface area contributed by atoms with Crippen LogP contribution in [0.4, 0.5) is 0 Å². The summed E-state index contributed by atoms with van der Waals surface area (Å²) in [7, 11) is 1.82. The van der Waals surface area contributed by atoms with Crippen LogP contribution in [-0.2, 0) is 0 Å². The third kappa shape index (κ3) is 3.55. The van der Waals surface area contributed by atoms with Crippen molar-refractivity contribution < 1.29 is 4.79 Å². The molecule has 0 spiro atoms. The Bertz CT molecular complexity index is 432. The number of carbonyl (C=O) groups excluding carboxylic acids is 1. The van der Waals surface area contributed by atoms with E-state index >= 15 is 0 Å². The highest BCUT2D eigenvalue weighted by Crippen LogP contribution is 2.25. The van der Waals surface area contributed by atoms with Gasteiger partial charge in [-0.2, -0.15) is 0 Å². The van der Waals surface area contributed by atoms with Gasteiger partial charge in [-0.3, -0.25) is 4.79 Å². The molecule has 0 aromatic heterocycles. The standard InChI is InChI=1S/C12H14Br3NO/c1-12(2,7-13)16(3)11(17)9-5-4-8(14)6-10(9)15/h4-6H,7H2,1-3H3. The molecule has 94 valence electrons. The second kappa shape index (κ2) is 5.85. The maximum absolute atomic E-state index is 12.3. The van der Waals surface area contributed by atoms with E-state index in [4.69, 9.17) is 0 Å². The number of nitrogens with zero attached hydrogens (tertiary/aromatic N) is 1. The third-order valence-electron chi connectivity index (χ3n) is 2.70. The molecular formula is C12H14Br3NO. The van der Waals surface area contributed by atoms with Gasteiger partial charge in [-0.1, -0.05) is 31.9 Å². The van der Waals surface area contributed by atoms with E-state index in [9.17, 15) is 4.79 Å². The van der Waals surface area contributed by atoms with Crippen LogP contribution in [0.1, 0.15) is 24.2 Å². The van der Waals surface area contributed by atoms with E-state index in [2.05, 4.69) is 47.8 Å². The minimum atomic E-state index is -0.219. The predicted octanol–water partition coefficient (Wildman–Crippen LogP) is 4.46. The summed E-state index contributed by atoms with van der Waals surface area (Å²) in [6.07, 6.45) is 0. The van der Waals surface area contributed by atoms with E-state index in [1.165, 1.54) is 0 Å². The summed E-state index contributed by atoms with van der Waals surface area (Å²) in [4.78, 5) is 14.1. The minimum Gasteiger partial charge on any atom is -0.336 e. The Morgan fingerprint density at radius 1 is 1.35 bits per heavy atom. The van der Waals surface area contributed by atoms with Crippen molar-refractivity contribution in [3.05, 3.63) is 32.7 Å². The molecule has 0 unspecified atom stereocenters. The number of carbonyl (C=O) groups is 1. The summed E-state index contributed by atoms with van der Waals surface area (Å²) in [6.45, 7) is 4.04. The van der Waals surface area contributed by atoms with Crippen molar-refractivity contribution in [3.8, 4) is 0 Å². The Balaban J connectivity index is 3.05. The number of rotatable bonds is 3. The number of benzene rings is 1. The Labute approximate surface area is 127 Å². The zero-order valence-electron chi connectivity index (χ0n) is 9.93. The van der Waals surface area contributed by atoms with Crippen LogP contribution in [0.2, 0.25) is 0 Å². The van der Waals surface area contributed by atoms with E-state index in [0.717, 1.165) is 14.3 Å². The highest BCUT2D eigenvalue weighted by Gasteiger charge is 2.28. The van der Waals surface area contributed by atoms with Crippen LogP contribution in [0.3, 0.4) is 0 Å².